The zero-order valence-corrected chi connectivity index (χ0v) is 14.3. The molecule has 2 aromatic rings. The molecule has 1 aromatic heterocycles. The topological polar surface area (TPSA) is 38.2 Å². The van der Waals surface area contributed by atoms with Crippen LogP contribution in [0, 0.1) is 0 Å². The molecule has 1 aromatic carbocycles. The van der Waals surface area contributed by atoms with Crippen LogP contribution in [0.5, 0.6) is 0 Å². The van der Waals surface area contributed by atoms with Gasteiger partial charge in [0.25, 0.3) is 0 Å². The van der Waals surface area contributed by atoms with Crippen LogP contribution >= 0.6 is 11.8 Å². The van der Waals surface area contributed by atoms with Crippen molar-refractivity contribution in [3.63, 3.8) is 0 Å². The molecule has 1 aliphatic heterocycles. The monoisotopic (exact) mass is 329 g/mol. The molecule has 1 unspecified atom stereocenters. The van der Waals surface area contributed by atoms with Gasteiger partial charge in [-0.3, -0.25) is 4.90 Å². The predicted molar refractivity (Wildman–Crippen MR) is 93.3 cm³/mol. The summed E-state index contributed by atoms with van der Waals surface area (Å²) in [6.45, 7) is 3.04. The third-order valence-corrected chi connectivity index (χ3v) is 5.04. The fourth-order valence-corrected chi connectivity index (χ4v) is 3.57. The van der Waals surface area contributed by atoms with Crippen LogP contribution in [0.2, 0.25) is 0 Å². The fourth-order valence-electron chi connectivity index (χ4n) is 2.83. The van der Waals surface area contributed by atoms with Crippen LogP contribution in [0.4, 0.5) is 0 Å². The van der Waals surface area contributed by atoms with E-state index in [9.17, 15) is 0 Å². The van der Waals surface area contributed by atoms with E-state index in [1.807, 2.05) is 18.5 Å². The van der Waals surface area contributed by atoms with E-state index in [1.165, 1.54) is 24.0 Å². The van der Waals surface area contributed by atoms with Crippen molar-refractivity contribution in [3.05, 3.63) is 53.9 Å². The molecule has 0 saturated carbocycles. The maximum absolute atomic E-state index is 5.48. The highest BCUT2D eigenvalue weighted by atomic mass is 32.2. The third kappa shape index (κ3) is 5.03. The summed E-state index contributed by atoms with van der Waals surface area (Å²) < 4.78 is 5.48. The first-order valence-electron chi connectivity index (χ1n) is 8.06. The van der Waals surface area contributed by atoms with E-state index in [4.69, 9.17) is 4.74 Å². The Bertz CT molecular complexity index is 591. The van der Waals surface area contributed by atoms with E-state index in [0.29, 0.717) is 6.10 Å². The molecule has 5 heteroatoms. The Kier molecular flexibility index (Phi) is 6.02. The smallest absolute Gasteiger partial charge is 0.187 e. The molecule has 1 atom stereocenters. The predicted octanol–water partition coefficient (Wildman–Crippen LogP) is 3.38. The second-order valence-corrected chi connectivity index (χ2v) is 6.83. The average Bonchev–Trinajstić information content (AvgIpc) is 2.62. The lowest BCUT2D eigenvalue weighted by Gasteiger charge is -2.31. The van der Waals surface area contributed by atoms with Crippen LogP contribution < -0.4 is 0 Å². The van der Waals surface area contributed by atoms with Gasteiger partial charge in [-0.25, -0.2) is 9.97 Å². The molecular weight excluding hydrogens is 306 g/mol. The molecule has 0 amide bonds. The molecule has 4 nitrogen and oxygen atoms in total. The number of hydrogen-bond donors (Lipinski definition) is 0. The Hall–Kier alpha value is -1.43. The molecule has 1 aliphatic rings. The van der Waals surface area contributed by atoms with Crippen LogP contribution in [0.3, 0.4) is 0 Å². The summed E-state index contributed by atoms with van der Waals surface area (Å²) in [6, 6.07) is 10.4. The highest BCUT2D eigenvalue weighted by Gasteiger charge is 2.19. The molecule has 0 spiro atoms. The van der Waals surface area contributed by atoms with Gasteiger partial charge in [-0.1, -0.05) is 42.1 Å². The first-order chi connectivity index (χ1) is 11.3. The normalized spacial score (nSPS) is 18.9. The number of rotatable bonds is 6. The third-order valence-electron chi connectivity index (χ3n) is 4.09. The van der Waals surface area contributed by atoms with E-state index >= 15 is 0 Å². The molecule has 1 fully saturated rings. The molecule has 122 valence electrons. The summed E-state index contributed by atoms with van der Waals surface area (Å²) in [7, 11) is 1.80. The summed E-state index contributed by atoms with van der Waals surface area (Å²) >= 11 is 1.68. The highest BCUT2D eigenvalue weighted by molar-refractivity contribution is 7.98. The van der Waals surface area contributed by atoms with Crippen LogP contribution in [0.1, 0.15) is 24.0 Å². The van der Waals surface area contributed by atoms with Crippen molar-refractivity contribution in [1.29, 1.82) is 0 Å². The lowest BCUT2D eigenvalue weighted by molar-refractivity contribution is 0.0285. The molecule has 3 rings (SSSR count). The van der Waals surface area contributed by atoms with E-state index in [-0.39, 0.29) is 0 Å². The molecule has 1 saturated heterocycles. The Morgan fingerprint density at radius 1 is 1.17 bits per heavy atom. The first-order valence-corrected chi connectivity index (χ1v) is 9.05. The highest BCUT2D eigenvalue weighted by Crippen LogP contribution is 2.19. The quantitative estimate of drug-likeness (QED) is 0.600. The Morgan fingerprint density at radius 3 is 2.70 bits per heavy atom. The van der Waals surface area contributed by atoms with Gasteiger partial charge in [-0.15, -0.1) is 0 Å². The van der Waals surface area contributed by atoms with Crippen molar-refractivity contribution in [2.24, 2.45) is 0 Å². The second kappa shape index (κ2) is 8.43. The van der Waals surface area contributed by atoms with Gasteiger partial charge in [0.2, 0.25) is 0 Å². The summed E-state index contributed by atoms with van der Waals surface area (Å²) in [5, 5.41) is 0.839. The largest absolute Gasteiger partial charge is 0.380 e. The van der Waals surface area contributed by atoms with E-state index in [0.717, 1.165) is 30.5 Å². The van der Waals surface area contributed by atoms with E-state index in [1.54, 1.807) is 18.9 Å². The van der Waals surface area contributed by atoms with Crippen molar-refractivity contribution < 1.29 is 4.74 Å². The summed E-state index contributed by atoms with van der Waals surface area (Å²) in [5.41, 5.74) is 2.47. The molecule has 0 aliphatic carbocycles. The van der Waals surface area contributed by atoms with Crippen molar-refractivity contribution in [3.8, 4) is 0 Å². The maximum atomic E-state index is 5.48. The molecule has 2 heterocycles. The van der Waals surface area contributed by atoms with Crippen molar-refractivity contribution >= 4 is 11.8 Å². The van der Waals surface area contributed by atoms with Gasteiger partial charge in [0.05, 0.1) is 6.10 Å². The van der Waals surface area contributed by atoms with E-state index in [2.05, 4.69) is 39.1 Å². The second-order valence-electron chi connectivity index (χ2n) is 5.88. The van der Waals surface area contributed by atoms with Crippen LogP contribution in [-0.2, 0) is 17.0 Å². The number of thioether (sulfide) groups is 1. The molecule has 23 heavy (non-hydrogen) atoms. The minimum absolute atomic E-state index is 0.366. The average molecular weight is 329 g/mol. The number of nitrogens with zero attached hydrogens (tertiary/aromatic N) is 3. The number of aromatic nitrogens is 2. The summed E-state index contributed by atoms with van der Waals surface area (Å²) in [6.07, 6.45) is 6.64. The van der Waals surface area contributed by atoms with Gasteiger partial charge in [0.1, 0.15) is 0 Å². The minimum atomic E-state index is 0.366. The molecule has 0 N–H and O–H groups in total. The van der Waals surface area contributed by atoms with Crippen LogP contribution in [0.15, 0.2) is 47.9 Å². The number of piperidine rings is 1. The van der Waals surface area contributed by atoms with E-state index < -0.39 is 0 Å². The Balaban J connectivity index is 1.51. The van der Waals surface area contributed by atoms with Gasteiger partial charge < -0.3 is 4.74 Å². The SMILES string of the molecule is COC1CCCN(Cc2cnc(SCc3ccccc3)nc2)C1. The standard InChI is InChI=1S/C18H23N3OS/c1-22-17-8-5-9-21(13-17)12-16-10-19-18(20-11-16)23-14-15-6-3-2-4-7-15/h2-4,6-7,10-11,17H,5,8-9,12-14H2,1H3. The minimum Gasteiger partial charge on any atom is -0.380 e. The molecule has 0 radical (unpaired) electrons. The number of methoxy groups -OCH3 is 1. The fraction of sp³-hybridized carbons (Fsp3) is 0.444. The lowest BCUT2D eigenvalue weighted by atomic mass is 10.1. The molecule has 0 bridgehead atoms. The Labute approximate surface area is 142 Å². The zero-order chi connectivity index (χ0) is 15.9. The van der Waals surface area contributed by atoms with Crippen LogP contribution in [-0.4, -0.2) is 41.2 Å². The summed E-state index contributed by atoms with van der Waals surface area (Å²) in [5.74, 6) is 0.905. The number of benzene rings is 1. The first kappa shape index (κ1) is 16.4. The van der Waals surface area contributed by atoms with Crippen molar-refractivity contribution in [2.75, 3.05) is 20.2 Å². The van der Waals surface area contributed by atoms with Crippen LogP contribution in [0.25, 0.3) is 0 Å². The van der Waals surface area contributed by atoms with Crippen molar-refractivity contribution in [2.45, 2.75) is 36.4 Å². The Morgan fingerprint density at radius 2 is 1.96 bits per heavy atom. The lowest BCUT2D eigenvalue weighted by Crippen LogP contribution is -2.38. The van der Waals surface area contributed by atoms with Gasteiger partial charge in [0, 0.05) is 43.9 Å². The number of hydrogen-bond acceptors (Lipinski definition) is 5. The van der Waals surface area contributed by atoms with Gasteiger partial charge in [-0.05, 0) is 24.9 Å². The van der Waals surface area contributed by atoms with Crippen molar-refractivity contribution in [1.82, 2.24) is 14.9 Å². The van der Waals surface area contributed by atoms with Gasteiger partial charge >= 0.3 is 0 Å². The number of ether oxygens (including phenoxy) is 1. The molecular formula is C18H23N3OS. The summed E-state index contributed by atoms with van der Waals surface area (Å²) in [4.78, 5) is 11.4. The van der Waals surface area contributed by atoms with Gasteiger partial charge in [0.15, 0.2) is 5.16 Å². The number of likely N-dealkylation sites (tertiary alicyclic amines) is 1. The van der Waals surface area contributed by atoms with Gasteiger partial charge in [-0.2, -0.15) is 0 Å². The maximum Gasteiger partial charge on any atom is 0.187 e. The zero-order valence-electron chi connectivity index (χ0n) is 13.5.